The highest BCUT2D eigenvalue weighted by Gasteiger charge is 2.33. The van der Waals surface area contributed by atoms with Crippen LogP contribution in [0.2, 0.25) is 5.28 Å². The van der Waals surface area contributed by atoms with Crippen molar-refractivity contribution in [3.8, 4) is 0 Å². The van der Waals surface area contributed by atoms with E-state index in [0.717, 1.165) is 12.1 Å². The van der Waals surface area contributed by atoms with E-state index in [1.54, 1.807) is 0 Å². The minimum atomic E-state index is -4.72. The molecule has 0 unspecified atom stereocenters. The van der Waals surface area contributed by atoms with Gasteiger partial charge in [-0.15, -0.1) is 0 Å². The van der Waals surface area contributed by atoms with Crippen LogP contribution in [0.25, 0.3) is 0 Å². The molecular formula is C11H5ClF5N3. The van der Waals surface area contributed by atoms with Crippen LogP contribution >= 0.6 is 11.6 Å². The number of alkyl halides is 3. The molecule has 106 valence electrons. The Labute approximate surface area is 114 Å². The number of rotatable bonds is 2. The molecule has 20 heavy (non-hydrogen) atoms. The second-order valence-electron chi connectivity index (χ2n) is 3.65. The molecule has 0 radical (unpaired) electrons. The molecule has 0 saturated carbocycles. The molecule has 0 fully saturated rings. The highest BCUT2D eigenvalue weighted by atomic mass is 35.5. The molecule has 0 bridgehead atoms. The van der Waals surface area contributed by atoms with Crippen LogP contribution in [0.4, 0.5) is 33.5 Å². The summed E-state index contributed by atoms with van der Waals surface area (Å²) in [6.45, 7) is 0. The largest absolute Gasteiger partial charge is 0.433 e. The van der Waals surface area contributed by atoms with Crippen LogP contribution in [-0.2, 0) is 6.18 Å². The minimum absolute atomic E-state index is 0.241. The summed E-state index contributed by atoms with van der Waals surface area (Å²) >= 11 is 5.37. The van der Waals surface area contributed by atoms with Crippen molar-refractivity contribution in [2.45, 2.75) is 6.18 Å². The molecule has 0 atom stereocenters. The summed E-state index contributed by atoms with van der Waals surface area (Å²) in [7, 11) is 0. The molecule has 1 N–H and O–H groups in total. The van der Waals surface area contributed by atoms with Gasteiger partial charge < -0.3 is 5.32 Å². The van der Waals surface area contributed by atoms with Gasteiger partial charge in [0.1, 0.15) is 17.5 Å². The smallest absolute Gasteiger partial charge is 0.338 e. The van der Waals surface area contributed by atoms with Gasteiger partial charge in [0.15, 0.2) is 5.69 Å². The zero-order valence-electron chi connectivity index (χ0n) is 9.47. The SMILES string of the molecule is Fc1ccc(Nc2cc(C(F)(F)F)nc(Cl)n2)c(F)c1. The lowest BCUT2D eigenvalue weighted by Gasteiger charge is -2.10. The Bertz CT molecular complexity index is 644. The van der Waals surface area contributed by atoms with E-state index in [-0.39, 0.29) is 11.5 Å². The van der Waals surface area contributed by atoms with Gasteiger partial charge in [0.2, 0.25) is 5.28 Å². The van der Waals surface area contributed by atoms with Crippen molar-refractivity contribution in [3.05, 3.63) is 46.9 Å². The van der Waals surface area contributed by atoms with E-state index in [2.05, 4.69) is 15.3 Å². The molecule has 0 aliphatic heterocycles. The van der Waals surface area contributed by atoms with Gasteiger partial charge in [-0.2, -0.15) is 13.2 Å². The molecule has 0 spiro atoms. The maximum absolute atomic E-state index is 13.4. The molecule has 0 aliphatic carbocycles. The van der Waals surface area contributed by atoms with Gasteiger partial charge in [-0.1, -0.05) is 0 Å². The fourth-order valence-electron chi connectivity index (χ4n) is 1.36. The summed E-state index contributed by atoms with van der Waals surface area (Å²) in [6, 6.07) is 3.11. The molecule has 0 saturated heterocycles. The number of anilines is 2. The molecule has 0 amide bonds. The van der Waals surface area contributed by atoms with E-state index < -0.39 is 28.8 Å². The first-order chi connectivity index (χ1) is 9.25. The Balaban J connectivity index is 2.36. The minimum Gasteiger partial charge on any atom is -0.338 e. The van der Waals surface area contributed by atoms with Gasteiger partial charge in [0, 0.05) is 12.1 Å². The Morgan fingerprint density at radius 1 is 1.05 bits per heavy atom. The maximum atomic E-state index is 13.4. The summed E-state index contributed by atoms with van der Waals surface area (Å²) in [5, 5.41) is 1.63. The quantitative estimate of drug-likeness (QED) is 0.668. The number of aromatic nitrogens is 2. The van der Waals surface area contributed by atoms with Crippen molar-refractivity contribution < 1.29 is 22.0 Å². The molecule has 3 nitrogen and oxygen atoms in total. The predicted octanol–water partition coefficient (Wildman–Crippen LogP) is 4.17. The van der Waals surface area contributed by atoms with E-state index >= 15 is 0 Å². The van der Waals surface area contributed by atoms with Gasteiger partial charge in [0.05, 0.1) is 5.69 Å². The molecule has 2 aromatic rings. The van der Waals surface area contributed by atoms with Crippen molar-refractivity contribution in [1.29, 1.82) is 0 Å². The van der Waals surface area contributed by atoms with Crippen LogP contribution in [-0.4, -0.2) is 9.97 Å². The van der Waals surface area contributed by atoms with Crippen molar-refractivity contribution in [2.24, 2.45) is 0 Å². The number of hydrogen-bond donors (Lipinski definition) is 1. The fourth-order valence-corrected chi connectivity index (χ4v) is 1.54. The highest BCUT2D eigenvalue weighted by Crippen LogP contribution is 2.30. The van der Waals surface area contributed by atoms with Crippen molar-refractivity contribution in [1.82, 2.24) is 9.97 Å². The Hall–Kier alpha value is -1.96. The number of halogens is 6. The molecule has 9 heteroatoms. The van der Waals surface area contributed by atoms with Crippen LogP contribution < -0.4 is 5.32 Å². The summed E-state index contributed by atoms with van der Waals surface area (Å²) in [4.78, 5) is 6.51. The Morgan fingerprint density at radius 2 is 1.75 bits per heavy atom. The monoisotopic (exact) mass is 309 g/mol. The van der Waals surface area contributed by atoms with Gasteiger partial charge in [-0.3, -0.25) is 0 Å². The predicted molar refractivity (Wildman–Crippen MR) is 61.7 cm³/mol. The average molecular weight is 310 g/mol. The first-order valence-corrected chi connectivity index (χ1v) is 5.47. The number of hydrogen-bond acceptors (Lipinski definition) is 3. The molecule has 1 aromatic carbocycles. The summed E-state index contributed by atoms with van der Waals surface area (Å²) in [6.07, 6.45) is -4.72. The topological polar surface area (TPSA) is 37.8 Å². The standard InChI is InChI=1S/C11H5ClF5N3/c12-10-19-8(11(15,16)17)4-9(20-10)18-7-2-1-5(13)3-6(7)14/h1-4H,(H,18,19,20). The normalized spacial score (nSPS) is 11.5. The van der Waals surface area contributed by atoms with Crippen LogP contribution in [0.3, 0.4) is 0 Å². The lowest BCUT2D eigenvalue weighted by atomic mass is 10.3. The summed E-state index contributed by atoms with van der Waals surface area (Å²) in [5.74, 6) is -2.15. The first-order valence-electron chi connectivity index (χ1n) is 5.09. The number of nitrogens with one attached hydrogen (secondary N) is 1. The second kappa shape index (κ2) is 5.20. The lowest BCUT2D eigenvalue weighted by Crippen LogP contribution is -2.10. The van der Waals surface area contributed by atoms with E-state index in [1.807, 2.05) is 0 Å². The third kappa shape index (κ3) is 3.32. The maximum Gasteiger partial charge on any atom is 0.433 e. The van der Waals surface area contributed by atoms with Crippen LogP contribution in [0.15, 0.2) is 24.3 Å². The van der Waals surface area contributed by atoms with E-state index in [4.69, 9.17) is 11.6 Å². The van der Waals surface area contributed by atoms with Gasteiger partial charge in [-0.05, 0) is 23.7 Å². The summed E-state index contributed by atoms with van der Waals surface area (Å²) in [5.41, 5.74) is -1.52. The number of benzene rings is 1. The molecule has 1 aromatic heterocycles. The molecule has 0 aliphatic rings. The molecule has 2 rings (SSSR count). The van der Waals surface area contributed by atoms with Gasteiger partial charge in [0.25, 0.3) is 0 Å². The zero-order chi connectivity index (χ0) is 14.9. The first kappa shape index (κ1) is 14.4. The second-order valence-corrected chi connectivity index (χ2v) is 3.99. The third-order valence-electron chi connectivity index (χ3n) is 2.18. The molecule has 1 heterocycles. The lowest BCUT2D eigenvalue weighted by molar-refractivity contribution is -0.141. The summed E-state index contributed by atoms with van der Waals surface area (Å²) < 4.78 is 63.6. The van der Waals surface area contributed by atoms with Crippen molar-refractivity contribution in [3.63, 3.8) is 0 Å². The fraction of sp³-hybridized carbons (Fsp3) is 0.0909. The molecular weight excluding hydrogens is 305 g/mol. The van der Waals surface area contributed by atoms with E-state index in [9.17, 15) is 22.0 Å². The van der Waals surface area contributed by atoms with Crippen LogP contribution in [0, 0.1) is 11.6 Å². The average Bonchev–Trinajstić information content (AvgIpc) is 2.31. The Kier molecular flexibility index (Phi) is 3.76. The van der Waals surface area contributed by atoms with Crippen LogP contribution in [0.5, 0.6) is 0 Å². The van der Waals surface area contributed by atoms with Gasteiger partial charge >= 0.3 is 6.18 Å². The zero-order valence-corrected chi connectivity index (χ0v) is 10.2. The number of nitrogens with zero attached hydrogens (tertiary/aromatic N) is 2. The van der Waals surface area contributed by atoms with Crippen LogP contribution in [0.1, 0.15) is 5.69 Å². The Morgan fingerprint density at radius 3 is 2.35 bits per heavy atom. The van der Waals surface area contributed by atoms with Crippen molar-refractivity contribution in [2.75, 3.05) is 5.32 Å². The third-order valence-corrected chi connectivity index (χ3v) is 2.35. The van der Waals surface area contributed by atoms with E-state index in [0.29, 0.717) is 12.1 Å². The van der Waals surface area contributed by atoms with Crippen molar-refractivity contribution >= 4 is 23.1 Å². The highest BCUT2D eigenvalue weighted by molar-refractivity contribution is 6.28. The van der Waals surface area contributed by atoms with E-state index in [1.165, 1.54) is 0 Å². The van der Waals surface area contributed by atoms with Gasteiger partial charge in [-0.25, -0.2) is 18.7 Å².